The molecule has 3 heteroatoms. The lowest BCUT2D eigenvalue weighted by atomic mass is 10.1. The summed E-state index contributed by atoms with van der Waals surface area (Å²) in [6.07, 6.45) is 0. The van der Waals surface area contributed by atoms with Crippen LogP contribution >= 0.6 is 11.8 Å². The normalized spacial score (nSPS) is 21.5. The largest absolute Gasteiger partial charge is 0.308 e. The van der Waals surface area contributed by atoms with Crippen LogP contribution in [-0.4, -0.2) is 18.1 Å². The zero-order valence-corrected chi connectivity index (χ0v) is 8.68. The second-order valence-electron chi connectivity index (χ2n) is 3.32. The zero-order chi connectivity index (χ0) is 9.80. The Bertz CT molecular complexity index is 333. The molecule has 1 N–H and O–H groups in total. The van der Waals surface area contributed by atoms with Gasteiger partial charge in [0, 0.05) is 24.1 Å². The van der Waals surface area contributed by atoms with E-state index in [4.69, 9.17) is 5.26 Å². The van der Waals surface area contributed by atoms with Crippen LogP contribution in [0.2, 0.25) is 0 Å². The maximum Gasteiger partial charge on any atom is 0.0991 e. The SMILES string of the molecule is N#Cc1ccc(C2CSCCN2)cc1. The maximum atomic E-state index is 8.67. The standard InChI is InChI=1S/C11H12N2S/c12-7-9-1-3-10(4-2-9)11-8-14-6-5-13-11/h1-4,11,13H,5-6,8H2. The van der Waals surface area contributed by atoms with E-state index in [1.165, 1.54) is 11.3 Å². The first kappa shape index (κ1) is 9.57. The molecule has 0 saturated carbocycles. The van der Waals surface area contributed by atoms with Crippen molar-refractivity contribution in [2.24, 2.45) is 0 Å². The van der Waals surface area contributed by atoms with Gasteiger partial charge in [0.05, 0.1) is 11.6 Å². The van der Waals surface area contributed by atoms with Crippen LogP contribution in [-0.2, 0) is 0 Å². The number of nitriles is 1. The van der Waals surface area contributed by atoms with E-state index in [0.29, 0.717) is 6.04 Å². The van der Waals surface area contributed by atoms with Gasteiger partial charge >= 0.3 is 0 Å². The highest BCUT2D eigenvalue weighted by Gasteiger charge is 2.14. The lowest BCUT2D eigenvalue weighted by molar-refractivity contribution is 0.595. The Kier molecular flexibility index (Phi) is 3.07. The van der Waals surface area contributed by atoms with Gasteiger partial charge in [-0.15, -0.1) is 0 Å². The molecular weight excluding hydrogens is 192 g/mol. The van der Waals surface area contributed by atoms with E-state index in [0.717, 1.165) is 17.9 Å². The molecular formula is C11H12N2S. The summed E-state index contributed by atoms with van der Waals surface area (Å²) in [5.41, 5.74) is 2.02. The van der Waals surface area contributed by atoms with E-state index in [9.17, 15) is 0 Å². The van der Waals surface area contributed by atoms with Crippen molar-refractivity contribution in [3.05, 3.63) is 35.4 Å². The van der Waals surface area contributed by atoms with Gasteiger partial charge in [-0.25, -0.2) is 0 Å². The molecule has 0 spiro atoms. The van der Waals surface area contributed by atoms with Crippen LogP contribution in [0.4, 0.5) is 0 Å². The van der Waals surface area contributed by atoms with Crippen molar-refractivity contribution in [2.75, 3.05) is 18.1 Å². The van der Waals surface area contributed by atoms with Crippen molar-refractivity contribution >= 4 is 11.8 Å². The smallest absolute Gasteiger partial charge is 0.0991 e. The van der Waals surface area contributed by atoms with Gasteiger partial charge in [0.25, 0.3) is 0 Å². The fraction of sp³-hybridized carbons (Fsp3) is 0.364. The number of thioether (sulfide) groups is 1. The van der Waals surface area contributed by atoms with Crippen LogP contribution in [0.15, 0.2) is 24.3 Å². The van der Waals surface area contributed by atoms with Crippen LogP contribution in [0.1, 0.15) is 17.2 Å². The van der Waals surface area contributed by atoms with E-state index in [2.05, 4.69) is 11.4 Å². The molecule has 0 radical (unpaired) electrons. The Labute approximate surface area is 88.3 Å². The molecule has 0 amide bonds. The molecule has 1 fully saturated rings. The molecule has 1 saturated heterocycles. The van der Waals surface area contributed by atoms with Gasteiger partial charge in [-0.3, -0.25) is 0 Å². The summed E-state index contributed by atoms with van der Waals surface area (Å²) < 4.78 is 0. The minimum absolute atomic E-state index is 0.460. The topological polar surface area (TPSA) is 35.8 Å². The third-order valence-electron chi connectivity index (χ3n) is 2.36. The lowest BCUT2D eigenvalue weighted by Gasteiger charge is -2.23. The second-order valence-corrected chi connectivity index (χ2v) is 4.47. The van der Waals surface area contributed by atoms with Crippen LogP contribution in [0.5, 0.6) is 0 Å². The third kappa shape index (κ3) is 2.09. The van der Waals surface area contributed by atoms with Crippen molar-refractivity contribution in [3.63, 3.8) is 0 Å². The molecule has 1 aromatic rings. The molecule has 1 atom stereocenters. The fourth-order valence-electron chi connectivity index (χ4n) is 1.57. The molecule has 14 heavy (non-hydrogen) atoms. The summed E-state index contributed by atoms with van der Waals surface area (Å²) in [6.45, 7) is 1.08. The molecule has 2 rings (SSSR count). The van der Waals surface area contributed by atoms with Crippen LogP contribution in [0.3, 0.4) is 0 Å². The second kappa shape index (κ2) is 4.50. The Morgan fingerprint density at radius 3 is 2.71 bits per heavy atom. The van der Waals surface area contributed by atoms with Crippen molar-refractivity contribution in [1.29, 1.82) is 5.26 Å². The number of rotatable bonds is 1. The van der Waals surface area contributed by atoms with Gasteiger partial charge in [0.1, 0.15) is 0 Å². The Hall–Kier alpha value is -0.980. The van der Waals surface area contributed by atoms with E-state index in [-0.39, 0.29) is 0 Å². The Morgan fingerprint density at radius 1 is 1.36 bits per heavy atom. The molecule has 1 heterocycles. The minimum Gasteiger partial charge on any atom is -0.308 e. The summed E-state index contributed by atoms with van der Waals surface area (Å²) in [6, 6.07) is 10.4. The summed E-state index contributed by atoms with van der Waals surface area (Å²) in [4.78, 5) is 0. The van der Waals surface area contributed by atoms with Gasteiger partial charge in [-0.2, -0.15) is 17.0 Å². The average Bonchev–Trinajstić information content (AvgIpc) is 2.30. The Balaban J connectivity index is 2.12. The van der Waals surface area contributed by atoms with Gasteiger partial charge in [-0.1, -0.05) is 12.1 Å². The quantitative estimate of drug-likeness (QED) is 0.759. The molecule has 2 nitrogen and oxygen atoms in total. The fourth-order valence-corrected chi connectivity index (χ4v) is 2.54. The van der Waals surface area contributed by atoms with E-state index in [1.54, 1.807) is 0 Å². The van der Waals surface area contributed by atoms with E-state index >= 15 is 0 Å². The molecule has 0 aromatic heterocycles. The van der Waals surface area contributed by atoms with E-state index < -0.39 is 0 Å². The first-order chi connectivity index (χ1) is 6.90. The summed E-state index contributed by atoms with van der Waals surface area (Å²) in [7, 11) is 0. The first-order valence-corrected chi connectivity index (χ1v) is 5.87. The number of nitrogens with zero attached hydrogens (tertiary/aromatic N) is 1. The zero-order valence-electron chi connectivity index (χ0n) is 7.86. The van der Waals surface area contributed by atoms with Gasteiger partial charge in [0.2, 0.25) is 0 Å². The van der Waals surface area contributed by atoms with Crippen molar-refractivity contribution in [1.82, 2.24) is 5.32 Å². The minimum atomic E-state index is 0.460. The summed E-state index contributed by atoms with van der Waals surface area (Å²) in [5, 5.41) is 12.1. The molecule has 0 bridgehead atoms. The summed E-state index contributed by atoms with van der Waals surface area (Å²) in [5.74, 6) is 2.33. The molecule has 1 aliphatic rings. The van der Waals surface area contributed by atoms with Crippen molar-refractivity contribution in [3.8, 4) is 6.07 Å². The van der Waals surface area contributed by atoms with Crippen LogP contribution in [0, 0.1) is 11.3 Å². The highest BCUT2D eigenvalue weighted by molar-refractivity contribution is 7.99. The van der Waals surface area contributed by atoms with Gasteiger partial charge < -0.3 is 5.32 Å². The summed E-state index contributed by atoms with van der Waals surface area (Å²) >= 11 is 1.98. The number of hydrogen-bond donors (Lipinski definition) is 1. The molecule has 1 unspecified atom stereocenters. The monoisotopic (exact) mass is 204 g/mol. The molecule has 0 aliphatic carbocycles. The van der Waals surface area contributed by atoms with Crippen molar-refractivity contribution < 1.29 is 0 Å². The first-order valence-electron chi connectivity index (χ1n) is 4.71. The average molecular weight is 204 g/mol. The number of benzene rings is 1. The molecule has 1 aromatic carbocycles. The van der Waals surface area contributed by atoms with Gasteiger partial charge in [-0.05, 0) is 17.7 Å². The highest BCUT2D eigenvalue weighted by Crippen LogP contribution is 2.21. The van der Waals surface area contributed by atoms with E-state index in [1.807, 2.05) is 36.0 Å². The third-order valence-corrected chi connectivity index (χ3v) is 3.43. The molecule has 72 valence electrons. The molecule has 1 aliphatic heterocycles. The number of hydrogen-bond acceptors (Lipinski definition) is 3. The van der Waals surface area contributed by atoms with Crippen LogP contribution in [0.25, 0.3) is 0 Å². The predicted octanol–water partition coefficient (Wildman–Crippen LogP) is 1.94. The van der Waals surface area contributed by atoms with Crippen molar-refractivity contribution in [2.45, 2.75) is 6.04 Å². The lowest BCUT2D eigenvalue weighted by Crippen LogP contribution is -2.30. The Morgan fingerprint density at radius 2 is 2.14 bits per heavy atom. The predicted molar refractivity (Wildman–Crippen MR) is 59.2 cm³/mol. The number of nitrogens with one attached hydrogen (secondary N) is 1. The highest BCUT2D eigenvalue weighted by atomic mass is 32.2. The van der Waals surface area contributed by atoms with Crippen LogP contribution < -0.4 is 5.32 Å². The maximum absolute atomic E-state index is 8.67. The van der Waals surface area contributed by atoms with Gasteiger partial charge in [0.15, 0.2) is 0 Å².